The highest BCUT2D eigenvalue weighted by Gasteiger charge is 2.21. The molecule has 8 nitrogen and oxygen atoms in total. The Bertz CT molecular complexity index is 959. The zero-order valence-corrected chi connectivity index (χ0v) is 17.5. The van der Waals surface area contributed by atoms with Crippen LogP contribution >= 0.6 is 11.8 Å². The Labute approximate surface area is 168 Å². The van der Waals surface area contributed by atoms with E-state index in [9.17, 15) is 18.0 Å². The number of carbonyl (C=O) groups excluding carboxylic acids is 2. The Morgan fingerprint density at radius 1 is 1.00 bits per heavy atom. The van der Waals surface area contributed by atoms with E-state index in [4.69, 9.17) is 4.84 Å². The number of hydrogen-bond acceptors (Lipinski definition) is 6. The van der Waals surface area contributed by atoms with E-state index in [2.05, 4.69) is 5.32 Å². The fraction of sp³-hybridized carbons (Fsp3) is 0.222. The van der Waals surface area contributed by atoms with Crippen molar-refractivity contribution in [2.45, 2.75) is 9.79 Å². The monoisotopic (exact) mass is 423 g/mol. The van der Waals surface area contributed by atoms with Crippen LogP contribution in [0.15, 0.2) is 58.3 Å². The first kappa shape index (κ1) is 21.9. The maximum Gasteiger partial charge on any atom is 0.286 e. The van der Waals surface area contributed by atoms with Gasteiger partial charge in [-0.05, 0) is 48.2 Å². The Morgan fingerprint density at radius 3 is 2.18 bits per heavy atom. The van der Waals surface area contributed by atoms with Gasteiger partial charge in [0.25, 0.3) is 21.2 Å². The molecule has 0 bridgehead atoms. The van der Waals surface area contributed by atoms with Crippen LogP contribution in [0.3, 0.4) is 0 Å². The SMILES string of the molecule is CON(C)S(=O)(=O)c1ccc(C(=O)Nc2ccccc2SC(=O)N(C)C)cc1. The topological polar surface area (TPSA) is 96.0 Å². The molecule has 0 atom stereocenters. The van der Waals surface area contributed by atoms with Crippen molar-refractivity contribution in [3.8, 4) is 0 Å². The molecule has 0 aliphatic heterocycles. The second-order valence-corrected chi connectivity index (χ2v) is 8.76. The van der Waals surface area contributed by atoms with Crippen molar-refractivity contribution in [3.63, 3.8) is 0 Å². The summed E-state index contributed by atoms with van der Waals surface area (Å²) in [6, 6.07) is 12.4. The highest BCUT2D eigenvalue weighted by atomic mass is 32.2. The van der Waals surface area contributed by atoms with Crippen molar-refractivity contribution in [3.05, 3.63) is 54.1 Å². The van der Waals surface area contributed by atoms with Crippen LogP contribution in [0, 0.1) is 0 Å². The first-order valence-electron chi connectivity index (χ1n) is 8.09. The molecule has 2 aromatic rings. The summed E-state index contributed by atoms with van der Waals surface area (Å²) in [6.45, 7) is 0. The number of carbonyl (C=O) groups is 2. The molecule has 0 saturated heterocycles. The molecule has 2 rings (SSSR count). The summed E-state index contributed by atoms with van der Waals surface area (Å²) in [5, 5.41) is 2.58. The number of nitrogens with zero attached hydrogens (tertiary/aromatic N) is 2. The second kappa shape index (κ2) is 9.20. The number of sulfonamides is 1. The van der Waals surface area contributed by atoms with Crippen LogP contribution < -0.4 is 5.32 Å². The van der Waals surface area contributed by atoms with Crippen LogP contribution in [0.4, 0.5) is 10.5 Å². The second-order valence-electron chi connectivity index (χ2n) is 5.83. The summed E-state index contributed by atoms with van der Waals surface area (Å²) in [5.41, 5.74) is 0.765. The van der Waals surface area contributed by atoms with Crippen LogP contribution in [0.2, 0.25) is 0 Å². The molecule has 2 aromatic carbocycles. The quantitative estimate of drug-likeness (QED) is 0.567. The zero-order valence-electron chi connectivity index (χ0n) is 15.9. The first-order chi connectivity index (χ1) is 13.2. The molecule has 0 unspecified atom stereocenters. The van der Waals surface area contributed by atoms with Crippen molar-refractivity contribution in [1.82, 2.24) is 9.37 Å². The van der Waals surface area contributed by atoms with Gasteiger partial charge in [0.2, 0.25) is 0 Å². The molecular weight excluding hydrogens is 402 g/mol. The number of anilines is 1. The van der Waals surface area contributed by atoms with Crippen molar-refractivity contribution < 1.29 is 22.8 Å². The number of hydroxylamine groups is 1. The number of thioether (sulfide) groups is 1. The lowest BCUT2D eigenvalue weighted by Crippen LogP contribution is -2.25. The molecule has 10 heteroatoms. The van der Waals surface area contributed by atoms with Crippen LogP contribution in [0.5, 0.6) is 0 Å². The van der Waals surface area contributed by atoms with Crippen LogP contribution in [-0.2, 0) is 14.9 Å². The number of hydrogen-bond donors (Lipinski definition) is 1. The molecule has 0 aliphatic carbocycles. The fourth-order valence-corrected chi connectivity index (χ4v) is 3.78. The summed E-state index contributed by atoms with van der Waals surface area (Å²) < 4.78 is 25.1. The Morgan fingerprint density at radius 2 is 1.61 bits per heavy atom. The molecule has 150 valence electrons. The normalized spacial score (nSPS) is 11.3. The lowest BCUT2D eigenvalue weighted by Gasteiger charge is -2.15. The van der Waals surface area contributed by atoms with E-state index >= 15 is 0 Å². The van der Waals surface area contributed by atoms with E-state index in [1.165, 1.54) is 43.3 Å². The third-order valence-corrected chi connectivity index (χ3v) is 6.52. The van der Waals surface area contributed by atoms with Gasteiger partial charge in [0.15, 0.2) is 0 Å². The van der Waals surface area contributed by atoms with Crippen LogP contribution in [0.25, 0.3) is 0 Å². The molecular formula is C18H21N3O5S2. The average Bonchev–Trinajstić information content (AvgIpc) is 2.68. The number of nitrogens with one attached hydrogen (secondary N) is 1. The smallest absolute Gasteiger partial charge is 0.286 e. The highest BCUT2D eigenvalue weighted by Crippen LogP contribution is 2.29. The van der Waals surface area contributed by atoms with Gasteiger partial charge >= 0.3 is 0 Å². The summed E-state index contributed by atoms with van der Waals surface area (Å²) in [6.07, 6.45) is 0. The summed E-state index contributed by atoms with van der Waals surface area (Å²) in [7, 11) is 2.03. The number of benzene rings is 2. The van der Waals surface area contributed by atoms with E-state index in [0.717, 1.165) is 16.2 Å². The third kappa shape index (κ3) is 5.10. The number of rotatable bonds is 6. The van der Waals surface area contributed by atoms with E-state index < -0.39 is 15.9 Å². The molecule has 28 heavy (non-hydrogen) atoms. The van der Waals surface area contributed by atoms with Crippen molar-refractivity contribution in [2.75, 3.05) is 33.6 Å². The third-order valence-electron chi connectivity index (χ3n) is 3.71. The lowest BCUT2D eigenvalue weighted by atomic mass is 10.2. The molecule has 0 saturated carbocycles. The number of amides is 2. The van der Waals surface area contributed by atoms with Gasteiger partial charge in [-0.1, -0.05) is 16.6 Å². The van der Waals surface area contributed by atoms with Gasteiger partial charge in [0.05, 0.1) is 17.7 Å². The summed E-state index contributed by atoms with van der Waals surface area (Å²) in [5.74, 6) is -0.422. The maximum atomic E-state index is 12.5. The Hall–Kier alpha value is -2.40. The minimum atomic E-state index is -3.78. The standard InChI is InChI=1S/C18H21N3O5S2/c1-20(2)18(23)27-16-8-6-5-7-15(16)19-17(22)13-9-11-14(12-10-13)28(24,25)21(3)26-4/h5-12H,1-4H3,(H,19,22). The first-order valence-corrected chi connectivity index (χ1v) is 10.3. The molecule has 1 N–H and O–H groups in total. The van der Waals surface area contributed by atoms with E-state index in [-0.39, 0.29) is 15.7 Å². The minimum absolute atomic E-state index is 0.000866. The van der Waals surface area contributed by atoms with Gasteiger partial charge in [-0.3, -0.25) is 14.4 Å². The molecule has 0 spiro atoms. The van der Waals surface area contributed by atoms with Crippen LogP contribution in [0.1, 0.15) is 10.4 Å². The minimum Gasteiger partial charge on any atom is -0.339 e. The summed E-state index contributed by atoms with van der Waals surface area (Å²) in [4.78, 5) is 31.2. The van der Waals surface area contributed by atoms with E-state index in [1.807, 2.05) is 0 Å². The van der Waals surface area contributed by atoms with Crippen LogP contribution in [-0.4, -0.2) is 57.2 Å². The van der Waals surface area contributed by atoms with Gasteiger partial charge in [-0.15, -0.1) is 0 Å². The van der Waals surface area contributed by atoms with Gasteiger partial charge in [-0.2, -0.15) is 0 Å². The zero-order chi connectivity index (χ0) is 20.9. The predicted molar refractivity (Wildman–Crippen MR) is 108 cm³/mol. The largest absolute Gasteiger partial charge is 0.339 e. The lowest BCUT2D eigenvalue weighted by molar-refractivity contribution is -0.0258. The predicted octanol–water partition coefficient (Wildman–Crippen LogP) is 2.89. The Kier molecular flexibility index (Phi) is 7.19. The highest BCUT2D eigenvalue weighted by molar-refractivity contribution is 8.13. The average molecular weight is 424 g/mol. The van der Waals surface area contributed by atoms with E-state index in [1.54, 1.807) is 38.4 Å². The van der Waals surface area contributed by atoms with Gasteiger partial charge in [0, 0.05) is 31.6 Å². The van der Waals surface area contributed by atoms with Crippen molar-refractivity contribution >= 4 is 38.6 Å². The van der Waals surface area contributed by atoms with Gasteiger partial charge in [-0.25, -0.2) is 8.42 Å². The maximum absolute atomic E-state index is 12.5. The van der Waals surface area contributed by atoms with Gasteiger partial charge in [0.1, 0.15) is 0 Å². The molecule has 2 amide bonds. The fourth-order valence-electron chi connectivity index (χ4n) is 2.06. The van der Waals surface area contributed by atoms with E-state index in [0.29, 0.717) is 10.6 Å². The molecule has 0 heterocycles. The van der Waals surface area contributed by atoms with Gasteiger partial charge < -0.3 is 10.2 Å². The summed E-state index contributed by atoms with van der Waals surface area (Å²) >= 11 is 1.00. The molecule has 0 aromatic heterocycles. The Balaban J connectivity index is 2.19. The molecule has 0 radical (unpaired) electrons. The van der Waals surface area contributed by atoms with Crippen molar-refractivity contribution in [1.29, 1.82) is 0 Å². The molecule has 0 aliphatic rings. The molecule has 0 fully saturated rings. The van der Waals surface area contributed by atoms with Crippen molar-refractivity contribution in [2.24, 2.45) is 0 Å². The number of para-hydroxylation sites is 1.